The van der Waals surface area contributed by atoms with Crippen LogP contribution in [-0.2, 0) is 17.8 Å². The Morgan fingerprint density at radius 2 is 2.17 bits per heavy atom. The maximum absolute atomic E-state index is 12.5. The van der Waals surface area contributed by atoms with Crippen molar-refractivity contribution in [3.63, 3.8) is 0 Å². The maximum atomic E-state index is 12.5. The zero-order valence-electron chi connectivity index (χ0n) is 12.5. The van der Waals surface area contributed by atoms with Crippen LogP contribution in [0.5, 0.6) is 0 Å². The number of amides is 1. The highest BCUT2D eigenvalue weighted by atomic mass is 16.2. The van der Waals surface area contributed by atoms with E-state index in [0.29, 0.717) is 6.54 Å². The normalized spacial score (nSPS) is 17.1. The van der Waals surface area contributed by atoms with Gasteiger partial charge in [0.25, 0.3) is 0 Å². The van der Waals surface area contributed by atoms with Crippen LogP contribution >= 0.6 is 0 Å². The predicted octanol–water partition coefficient (Wildman–Crippen LogP) is 1.32. The molecule has 1 aromatic carbocycles. The molecule has 2 heterocycles. The first kappa shape index (κ1) is 13.8. The number of rotatable bonds is 3. The third-order valence-corrected chi connectivity index (χ3v) is 4.40. The highest BCUT2D eigenvalue weighted by Gasteiger charge is 2.27. The van der Waals surface area contributed by atoms with Gasteiger partial charge in [-0.05, 0) is 42.5 Å². The molecule has 0 fully saturated rings. The number of benzene rings is 1. The smallest absolute Gasteiger partial charge is 0.323 e. The molecule has 1 amide bonds. The van der Waals surface area contributed by atoms with Gasteiger partial charge in [0.1, 0.15) is 0 Å². The lowest BCUT2D eigenvalue weighted by Gasteiger charge is -2.21. The summed E-state index contributed by atoms with van der Waals surface area (Å²) >= 11 is 0. The Morgan fingerprint density at radius 1 is 1.30 bits per heavy atom. The van der Waals surface area contributed by atoms with Gasteiger partial charge in [0.15, 0.2) is 0 Å². The third-order valence-electron chi connectivity index (χ3n) is 4.40. The van der Waals surface area contributed by atoms with Crippen molar-refractivity contribution in [1.29, 1.82) is 0 Å². The summed E-state index contributed by atoms with van der Waals surface area (Å²) in [7, 11) is 0. The van der Waals surface area contributed by atoms with Crippen LogP contribution in [0, 0.1) is 0 Å². The minimum Gasteiger partial charge on any atom is -0.351 e. The van der Waals surface area contributed by atoms with Crippen LogP contribution in [0.2, 0.25) is 0 Å². The summed E-state index contributed by atoms with van der Waals surface area (Å²) in [5.41, 5.74) is 4.31. The molecule has 0 aliphatic heterocycles. The number of aryl methyl sites for hydroxylation is 1. The number of H-pyrrole nitrogens is 3. The molecule has 1 atom stereocenters. The fraction of sp³-hybridized carbons (Fsp3) is 0.312. The molecule has 3 aromatic rings. The molecule has 2 aromatic heterocycles. The van der Waals surface area contributed by atoms with E-state index in [1.807, 2.05) is 24.4 Å². The van der Waals surface area contributed by atoms with Gasteiger partial charge in [0, 0.05) is 6.54 Å². The van der Waals surface area contributed by atoms with Gasteiger partial charge in [-0.25, -0.2) is 4.79 Å². The number of nitrogens with one attached hydrogen (secondary N) is 4. The number of carbonyl (C=O) groups excluding carboxylic acids is 1. The second kappa shape index (κ2) is 5.42. The third kappa shape index (κ3) is 2.54. The van der Waals surface area contributed by atoms with Gasteiger partial charge in [-0.1, -0.05) is 6.07 Å². The van der Waals surface area contributed by atoms with Crippen LogP contribution in [-0.4, -0.2) is 26.1 Å². The van der Waals surface area contributed by atoms with E-state index >= 15 is 0 Å². The van der Waals surface area contributed by atoms with E-state index in [1.54, 1.807) is 0 Å². The van der Waals surface area contributed by atoms with E-state index in [0.717, 1.165) is 47.1 Å². The molecule has 1 aliphatic rings. The molecular weight excluding hydrogens is 294 g/mol. The molecule has 4 N–H and O–H groups in total. The largest absolute Gasteiger partial charge is 0.351 e. The molecule has 1 unspecified atom stereocenters. The van der Waals surface area contributed by atoms with Gasteiger partial charge in [-0.15, -0.1) is 0 Å². The van der Waals surface area contributed by atoms with Crippen molar-refractivity contribution in [3.05, 3.63) is 51.7 Å². The second-order valence-corrected chi connectivity index (χ2v) is 5.93. The number of imidazole rings is 1. The van der Waals surface area contributed by atoms with E-state index in [1.165, 1.54) is 0 Å². The average Bonchev–Trinajstić information content (AvgIpc) is 3.16. The molecule has 0 saturated carbocycles. The molecule has 0 spiro atoms. The fourth-order valence-electron chi connectivity index (χ4n) is 3.23. The molecule has 0 radical (unpaired) electrons. The topological polar surface area (TPSA) is 106 Å². The lowest BCUT2D eigenvalue weighted by atomic mass is 9.87. The Hall–Kier alpha value is -2.83. The zero-order chi connectivity index (χ0) is 15.8. The Labute approximate surface area is 131 Å². The minimum absolute atomic E-state index is 0.0119. The zero-order valence-corrected chi connectivity index (χ0v) is 12.5. The number of fused-ring (bicyclic) bond motifs is 2. The van der Waals surface area contributed by atoms with Gasteiger partial charge in [-0.3, -0.25) is 9.89 Å². The summed E-state index contributed by atoms with van der Waals surface area (Å²) in [5, 5.41) is 9.99. The standard InChI is InChI=1S/C16H17N5O2/c22-15(11-3-1-2-10-8-18-21-14(10)11)17-7-9-4-5-12-13(6-9)20-16(23)19-12/h4-6,8,11H,1-3,7H2,(H,17,22)(H,18,21)(H2,19,20,23). The summed E-state index contributed by atoms with van der Waals surface area (Å²) in [6.45, 7) is 0.432. The molecular formula is C16H17N5O2. The number of hydrogen-bond acceptors (Lipinski definition) is 3. The molecule has 0 saturated heterocycles. The molecule has 7 heteroatoms. The summed E-state index contributed by atoms with van der Waals surface area (Å²) < 4.78 is 0. The minimum atomic E-state index is -0.227. The first-order valence-electron chi connectivity index (χ1n) is 7.71. The molecule has 118 valence electrons. The highest BCUT2D eigenvalue weighted by molar-refractivity contribution is 5.84. The van der Waals surface area contributed by atoms with Crippen LogP contribution in [0.3, 0.4) is 0 Å². The molecule has 0 bridgehead atoms. The first-order chi connectivity index (χ1) is 11.2. The quantitative estimate of drug-likeness (QED) is 0.586. The Morgan fingerprint density at radius 3 is 3.09 bits per heavy atom. The molecule has 23 heavy (non-hydrogen) atoms. The van der Waals surface area contributed by atoms with Crippen molar-refractivity contribution in [3.8, 4) is 0 Å². The number of hydrogen-bond donors (Lipinski definition) is 4. The predicted molar refractivity (Wildman–Crippen MR) is 85.0 cm³/mol. The SMILES string of the molecule is O=C(NCc1ccc2[nH]c(=O)[nH]c2c1)C1CCCc2cn[nH]c21. The summed E-state index contributed by atoms with van der Waals surface area (Å²) in [4.78, 5) is 29.2. The van der Waals surface area contributed by atoms with Crippen molar-refractivity contribution in [2.75, 3.05) is 0 Å². The first-order valence-corrected chi connectivity index (χ1v) is 7.71. The van der Waals surface area contributed by atoms with Crippen molar-refractivity contribution < 1.29 is 4.79 Å². The fourth-order valence-corrected chi connectivity index (χ4v) is 3.23. The van der Waals surface area contributed by atoms with Crippen LogP contribution in [0.1, 0.15) is 35.6 Å². The number of nitrogens with zero attached hydrogens (tertiary/aromatic N) is 1. The van der Waals surface area contributed by atoms with Crippen molar-refractivity contribution in [2.45, 2.75) is 31.7 Å². The van der Waals surface area contributed by atoms with Gasteiger partial charge in [-0.2, -0.15) is 5.10 Å². The second-order valence-electron chi connectivity index (χ2n) is 5.93. The number of aromatic amines is 3. The molecule has 4 rings (SSSR count). The maximum Gasteiger partial charge on any atom is 0.323 e. The number of aromatic nitrogens is 4. The van der Waals surface area contributed by atoms with Crippen molar-refractivity contribution >= 4 is 16.9 Å². The van der Waals surface area contributed by atoms with E-state index in [2.05, 4.69) is 25.5 Å². The van der Waals surface area contributed by atoms with Crippen molar-refractivity contribution in [1.82, 2.24) is 25.5 Å². The van der Waals surface area contributed by atoms with E-state index in [4.69, 9.17) is 0 Å². The van der Waals surface area contributed by atoms with E-state index < -0.39 is 0 Å². The lowest BCUT2D eigenvalue weighted by molar-refractivity contribution is -0.123. The van der Waals surface area contributed by atoms with Crippen LogP contribution in [0.15, 0.2) is 29.2 Å². The lowest BCUT2D eigenvalue weighted by Crippen LogP contribution is -2.31. The van der Waals surface area contributed by atoms with Crippen LogP contribution in [0.25, 0.3) is 11.0 Å². The van der Waals surface area contributed by atoms with E-state index in [9.17, 15) is 9.59 Å². The number of carbonyl (C=O) groups is 1. The monoisotopic (exact) mass is 311 g/mol. The summed E-state index contributed by atoms with van der Waals surface area (Å²) in [5.74, 6) is -0.144. The summed E-state index contributed by atoms with van der Waals surface area (Å²) in [6.07, 6.45) is 4.63. The van der Waals surface area contributed by atoms with Gasteiger partial charge in [0.2, 0.25) is 5.91 Å². The Kier molecular flexibility index (Phi) is 3.25. The van der Waals surface area contributed by atoms with Crippen LogP contribution in [0.4, 0.5) is 0 Å². The van der Waals surface area contributed by atoms with Gasteiger partial charge >= 0.3 is 5.69 Å². The highest BCUT2D eigenvalue weighted by Crippen LogP contribution is 2.29. The average molecular weight is 311 g/mol. The molecule has 1 aliphatic carbocycles. The molecule has 7 nitrogen and oxygen atoms in total. The Balaban J connectivity index is 1.48. The van der Waals surface area contributed by atoms with E-state index in [-0.39, 0.29) is 17.5 Å². The van der Waals surface area contributed by atoms with Gasteiger partial charge < -0.3 is 15.3 Å². The van der Waals surface area contributed by atoms with Crippen molar-refractivity contribution in [2.24, 2.45) is 0 Å². The van der Waals surface area contributed by atoms with Gasteiger partial charge in [0.05, 0.1) is 28.8 Å². The summed E-state index contributed by atoms with van der Waals surface area (Å²) in [6, 6.07) is 5.60. The van der Waals surface area contributed by atoms with Crippen LogP contribution < -0.4 is 11.0 Å². The Bertz CT molecular complexity index is 920.